The first-order chi connectivity index (χ1) is 9.93. The zero-order valence-electron chi connectivity index (χ0n) is 12.8. The standard InChI is InChI=1S/C15H24N4O2/c1-15(2,9-16)18-7-11(20)8-21-13-6-4-5-12-14(13)19(3)10-17-12/h4-6,10-11,18,20H,7-9,16H2,1-3H3. The van der Waals surface area contributed by atoms with Crippen molar-refractivity contribution in [1.29, 1.82) is 0 Å². The molecule has 0 bridgehead atoms. The molecule has 6 heteroatoms. The number of nitrogens with zero attached hydrogens (tertiary/aromatic N) is 2. The van der Waals surface area contributed by atoms with Crippen LogP contribution in [0, 0.1) is 0 Å². The van der Waals surface area contributed by atoms with E-state index in [9.17, 15) is 5.11 Å². The van der Waals surface area contributed by atoms with Crippen molar-refractivity contribution >= 4 is 11.0 Å². The molecule has 116 valence electrons. The number of β-amino-alcohol motifs (C(OH)–C–C–N with tert-alkyl or cyclic N) is 1. The van der Waals surface area contributed by atoms with Crippen LogP contribution in [-0.4, -0.2) is 46.0 Å². The maximum Gasteiger partial charge on any atom is 0.145 e. The highest BCUT2D eigenvalue weighted by atomic mass is 16.5. The number of fused-ring (bicyclic) bond motifs is 1. The highest BCUT2D eigenvalue weighted by molar-refractivity contribution is 5.81. The van der Waals surface area contributed by atoms with E-state index in [-0.39, 0.29) is 12.1 Å². The van der Waals surface area contributed by atoms with Gasteiger partial charge in [-0.05, 0) is 26.0 Å². The number of imidazole rings is 1. The molecule has 0 aliphatic carbocycles. The van der Waals surface area contributed by atoms with Gasteiger partial charge in [0.1, 0.15) is 24.0 Å². The van der Waals surface area contributed by atoms with Gasteiger partial charge in [0, 0.05) is 25.7 Å². The largest absolute Gasteiger partial charge is 0.489 e. The summed E-state index contributed by atoms with van der Waals surface area (Å²) < 4.78 is 7.65. The Hall–Kier alpha value is -1.63. The summed E-state index contributed by atoms with van der Waals surface area (Å²) in [4.78, 5) is 4.28. The second-order valence-electron chi connectivity index (χ2n) is 5.91. The molecule has 1 heterocycles. The summed E-state index contributed by atoms with van der Waals surface area (Å²) in [6.45, 7) is 5.16. The Kier molecular flexibility index (Phi) is 4.82. The topological polar surface area (TPSA) is 85.3 Å². The highest BCUT2D eigenvalue weighted by Gasteiger charge is 2.17. The van der Waals surface area contributed by atoms with E-state index in [0.29, 0.717) is 13.1 Å². The molecule has 0 fully saturated rings. The molecule has 0 radical (unpaired) electrons. The predicted octanol–water partition coefficient (Wildman–Crippen LogP) is 0.640. The summed E-state index contributed by atoms with van der Waals surface area (Å²) in [7, 11) is 1.92. The van der Waals surface area contributed by atoms with Crippen LogP contribution in [0.5, 0.6) is 5.75 Å². The van der Waals surface area contributed by atoms with Gasteiger partial charge in [-0.3, -0.25) is 0 Å². The normalized spacial score (nSPS) is 13.6. The van der Waals surface area contributed by atoms with Crippen molar-refractivity contribution in [3.8, 4) is 5.75 Å². The van der Waals surface area contributed by atoms with E-state index in [2.05, 4.69) is 10.3 Å². The quantitative estimate of drug-likeness (QED) is 0.697. The lowest BCUT2D eigenvalue weighted by Crippen LogP contribution is -2.49. The molecule has 0 saturated heterocycles. The number of nitrogens with one attached hydrogen (secondary N) is 1. The molecule has 0 saturated carbocycles. The Morgan fingerprint density at radius 1 is 1.48 bits per heavy atom. The SMILES string of the molecule is Cn1cnc2cccc(OCC(O)CNC(C)(C)CN)c21. The predicted molar refractivity (Wildman–Crippen MR) is 83.4 cm³/mol. The van der Waals surface area contributed by atoms with Gasteiger partial charge >= 0.3 is 0 Å². The number of rotatable bonds is 7. The highest BCUT2D eigenvalue weighted by Crippen LogP contribution is 2.24. The Balaban J connectivity index is 1.94. The Bertz CT molecular complexity index is 594. The number of benzene rings is 1. The van der Waals surface area contributed by atoms with E-state index < -0.39 is 6.10 Å². The van der Waals surface area contributed by atoms with Crippen LogP contribution in [-0.2, 0) is 7.05 Å². The minimum atomic E-state index is -0.598. The molecule has 1 unspecified atom stereocenters. The number of nitrogens with two attached hydrogens (primary N) is 1. The monoisotopic (exact) mass is 292 g/mol. The van der Waals surface area contributed by atoms with Gasteiger partial charge in [-0.2, -0.15) is 0 Å². The Morgan fingerprint density at radius 2 is 2.24 bits per heavy atom. The van der Waals surface area contributed by atoms with Crippen molar-refractivity contribution in [3.63, 3.8) is 0 Å². The van der Waals surface area contributed by atoms with Gasteiger partial charge in [-0.15, -0.1) is 0 Å². The van der Waals surface area contributed by atoms with Crippen molar-refractivity contribution in [1.82, 2.24) is 14.9 Å². The lowest BCUT2D eigenvalue weighted by molar-refractivity contribution is 0.1000. The summed E-state index contributed by atoms with van der Waals surface area (Å²) in [6, 6.07) is 5.71. The first kappa shape index (κ1) is 15.8. The van der Waals surface area contributed by atoms with Crippen molar-refractivity contribution in [2.75, 3.05) is 19.7 Å². The van der Waals surface area contributed by atoms with E-state index in [0.717, 1.165) is 16.8 Å². The summed E-state index contributed by atoms with van der Waals surface area (Å²) >= 11 is 0. The number of para-hydroxylation sites is 1. The van der Waals surface area contributed by atoms with Crippen molar-refractivity contribution in [2.45, 2.75) is 25.5 Å². The number of aliphatic hydroxyl groups excluding tert-OH is 1. The van der Waals surface area contributed by atoms with E-state index in [1.54, 1.807) is 6.33 Å². The Morgan fingerprint density at radius 3 is 2.95 bits per heavy atom. The van der Waals surface area contributed by atoms with E-state index >= 15 is 0 Å². The second-order valence-corrected chi connectivity index (χ2v) is 5.91. The third kappa shape index (κ3) is 3.93. The lowest BCUT2D eigenvalue weighted by Gasteiger charge is -2.26. The van der Waals surface area contributed by atoms with Gasteiger partial charge < -0.3 is 25.5 Å². The van der Waals surface area contributed by atoms with Crippen LogP contribution in [0.1, 0.15) is 13.8 Å². The second kappa shape index (κ2) is 6.43. The molecule has 1 aromatic heterocycles. The molecule has 2 rings (SSSR count). The summed E-state index contributed by atoms with van der Waals surface area (Å²) in [5, 5.41) is 13.2. The molecule has 0 aliphatic heterocycles. The number of aromatic nitrogens is 2. The fraction of sp³-hybridized carbons (Fsp3) is 0.533. The van der Waals surface area contributed by atoms with E-state index in [1.165, 1.54) is 0 Å². The van der Waals surface area contributed by atoms with Gasteiger partial charge in [0.05, 0.1) is 11.8 Å². The number of hydrogen-bond donors (Lipinski definition) is 3. The fourth-order valence-electron chi connectivity index (χ4n) is 2.00. The fourth-order valence-corrected chi connectivity index (χ4v) is 2.00. The molecule has 0 aliphatic rings. The number of aliphatic hydroxyl groups is 1. The number of ether oxygens (including phenoxy) is 1. The van der Waals surface area contributed by atoms with Crippen molar-refractivity contribution < 1.29 is 9.84 Å². The van der Waals surface area contributed by atoms with Crippen LogP contribution >= 0.6 is 0 Å². The molecule has 21 heavy (non-hydrogen) atoms. The third-order valence-electron chi connectivity index (χ3n) is 3.46. The molecule has 2 aromatic rings. The number of hydrogen-bond acceptors (Lipinski definition) is 5. The number of aryl methyl sites for hydroxylation is 1. The van der Waals surface area contributed by atoms with Crippen LogP contribution < -0.4 is 15.8 Å². The summed E-state index contributed by atoms with van der Waals surface area (Å²) in [6.07, 6.45) is 1.15. The molecule has 0 spiro atoms. The van der Waals surface area contributed by atoms with Crippen LogP contribution in [0.3, 0.4) is 0 Å². The van der Waals surface area contributed by atoms with Crippen LogP contribution in [0.15, 0.2) is 24.5 Å². The van der Waals surface area contributed by atoms with Crippen LogP contribution in [0.4, 0.5) is 0 Å². The zero-order valence-corrected chi connectivity index (χ0v) is 12.8. The molecular weight excluding hydrogens is 268 g/mol. The van der Waals surface area contributed by atoms with E-state index in [1.807, 2.05) is 43.7 Å². The molecular formula is C15H24N4O2. The van der Waals surface area contributed by atoms with Crippen molar-refractivity contribution in [3.05, 3.63) is 24.5 Å². The molecule has 1 aromatic carbocycles. The van der Waals surface area contributed by atoms with Gasteiger partial charge in [0.2, 0.25) is 0 Å². The van der Waals surface area contributed by atoms with Gasteiger partial charge in [-0.25, -0.2) is 4.98 Å². The van der Waals surface area contributed by atoms with Gasteiger partial charge in [0.25, 0.3) is 0 Å². The molecule has 4 N–H and O–H groups in total. The molecule has 1 atom stereocenters. The van der Waals surface area contributed by atoms with E-state index in [4.69, 9.17) is 10.5 Å². The Labute approximate surface area is 124 Å². The maximum atomic E-state index is 10.0. The summed E-state index contributed by atoms with van der Waals surface area (Å²) in [5.41, 5.74) is 7.26. The van der Waals surface area contributed by atoms with Gasteiger partial charge in [-0.1, -0.05) is 6.07 Å². The van der Waals surface area contributed by atoms with Crippen molar-refractivity contribution in [2.24, 2.45) is 12.8 Å². The molecule has 0 amide bonds. The lowest BCUT2D eigenvalue weighted by atomic mass is 10.1. The summed E-state index contributed by atoms with van der Waals surface area (Å²) in [5.74, 6) is 0.727. The average molecular weight is 292 g/mol. The first-order valence-electron chi connectivity index (χ1n) is 7.09. The minimum Gasteiger partial charge on any atom is -0.489 e. The van der Waals surface area contributed by atoms with Gasteiger partial charge in [0.15, 0.2) is 0 Å². The maximum absolute atomic E-state index is 10.0. The van der Waals surface area contributed by atoms with Crippen LogP contribution in [0.2, 0.25) is 0 Å². The first-order valence-corrected chi connectivity index (χ1v) is 7.09. The van der Waals surface area contributed by atoms with Crippen LogP contribution in [0.25, 0.3) is 11.0 Å². The zero-order chi connectivity index (χ0) is 15.5. The molecule has 6 nitrogen and oxygen atoms in total. The average Bonchev–Trinajstić information content (AvgIpc) is 2.85. The minimum absolute atomic E-state index is 0.191. The smallest absolute Gasteiger partial charge is 0.145 e. The third-order valence-corrected chi connectivity index (χ3v) is 3.46.